The third kappa shape index (κ3) is 3.15. The number of anilines is 1. The third-order valence-corrected chi connectivity index (χ3v) is 3.00. The minimum absolute atomic E-state index is 0.192. The SMILES string of the molecule is Cc1ccc(-c2csc(NNC(N)=S)n2)cc1. The molecule has 0 saturated carbocycles. The van der Waals surface area contributed by atoms with Gasteiger partial charge < -0.3 is 5.73 Å². The molecule has 0 fully saturated rings. The second-order valence-electron chi connectivity index (χ2n) is 3.52. The van der Waals surface area contributed by atoms with Crippen LogP contribution >= 0.6 is 23.6 Å². The minimum atomic E-state index is 0.192. The summed E-state index contributed by atoms with van der Waals surface area (Å²) in [5.74, 6) is 0. The average Bonchev–Trinajstić information content (AvgIpc) is 2.76. The fourth-order valence-corrected chi connectivity index (χ4v) is 2.03. The summed E-state index contributed by atoms with van der Waals surface area (Å²) in [4.78, 5) is 4.41. The Balaban J connectivity index is 2.12. The highest BCUT2D eigenvalue weighted by atomic mass is 32.1. The molecule has 0 amide bonds. The van der Waals surface area contributed by atoms with Crippen molar-refractivity contribution in [1.82, 2.24) is 10.4 Å². The summed E-state index contributed by atoms with van der Waals surface area (Å²) >= 11 is 6.18. The molecule has 6 heteroatoms. The first-order valence-corrected chi connectivity index (χ1v) is 6.28. The number of nitrogens with one attached hydrogen (secondary N) is 2. The van der Waals surface area contributed by atoms with Crippen LogP contribution in [-0.4, -0.2) is 10.1 Å². The van der Waals surface area contributed by atoms with Gasteiger partial charge in [-0.05, 0) is 19.1 Å². The van der Waals surface area contributed by atoms with Crippen LogP contribution in [0.3, 0.4) is 0 Å². The Labute approximate surface area is 109 Å². The van der Waals surface area contributed by atoms with Gasteiger partial charge in [0.2, 0.25) is 5.13 Å². The number of thiocarbonyl (C=S) groups is 1. The van der Waals surface area contributed by atoms with Gasteiger partial charge in [-0.2, -0.15) is 0 Å². The van der Waals surface area contributed by atoms with Crippen molar-refractivity contribution >= 4 is 33.8 Å². The summed E-state index contributed by atoms with van der Waals surface area (Å²) in [5, 5.41) is 2.90. The summed E-state index contributed by atoms with van der Waals surface area (Å²) in [6.45, 7) is 2.06. The van der Waals surface area contributed by atoms with Crippen LogP contribution < -0.4 is 16.6 Å². The van der Waals surface area contributed by atoms with Crippen LogP contribution in [0.15, 0.2) is 29.6 Å². The molecule has 0 spiro atoms. The first kappa shape index (κ1) is 11.8. The largest absolute Gasteiger partial charge is 0.375 e. The van der Waals surface area contributed by atoms with Crippen LogP contribution in [0.4, 0.5) is 5.13 Å². The van der Waals surface area contributed by atoms with Gasteiger partial charge in [0.25, 0.3) is 0 Å². The van der Waals surface area contributed by atoms with Gasteiger partial charge >= 0.3 is 0 Å². The molecule has 4 N–H and O–H groups in total. The predicted molar refractivity (Wildman–Crippen MR) is 75.8 cm³/mol. The van der Waals surface area contributed by atoms with Gasteiger partial charge in [0.1, 0.15) is 0 Å². The van der Waals surface area contributed by atoms with Crippen LogP contribution in [0.5, 0.6) is 0 Å². The maximum atomic E-state index is 5.31. The number of hydrogen-bond donors (Lipinski definition) is 3. The molecule has 0 aliphatic heterocycles. The highest BCUT2D eigenvalue weighted by Crippen LogP contribution is 2.24. The smallest absolute Gasteiger partial charge is 0.202 e. The molecular weight excluding hydrogens is 252 g/mol. The topological polar surface area (TPSA) is 63.0 Å². The van der Waals surface area contributed by atoms with E-state index in [1.807, 2.05) is 5.38 Å². The molecule has 1 aromatic carbocycles. The minimum Gasteiger partial charge on any atom is -0.375 e. The molecule has 1 heterocycles. The van der Waals surface area contributed by atoms with Crippen LogP contribution in [0.25, 0.3) is 11.3 Å². The van der Waals surface area contributed by atoms with Gasteiger partial charge in [-0.1, -0.05) is 29.8 Å². The standard InChI is InChI=1S/C11H12N4S2/c1-7-2-4-8(5-3-7)9-6-17-11(13-9)15-14-10(12)16/h2-6H,1H3,(H,13,15)(H3,12,14,16). The van der Waals surface area contributed by atoms with E-state index in [0.717, 1.165) is 16.4 Å². The highest BCUT2D eigenvalue weighted by Gasteiger charge is 2.03. The molecule has 17 heavy (non-hydrogen) atoms. The van der Waals surface area contributed by atoms with E-state index in [0.29, 0.717) is 0 Å². The molecule has 0 atom stereocenters. The normalized spacial score (nSPS) is 9.94. The number of aromatic nitrogens is 1. The van der Waals surface area contributed by atoms with E-state index < -0.39 is 0 Å². The van der Waals surface area contributed by atoms with E-state index in [1.165, 1.54) is 16.9 Å². The number of nitrogens with zero attached hydrogens (tertiary/aromatic N) is 1. The Morgan fingerprint density at radius 2 is 2.06 bits per heavy atom. The zero-order chi connectivity index (χ0) is 12.3. The molecular formula is C11H12N4S2. The molecule has 0 radical (unpaired) electrons. The molecule has 1 aromatic heterocycles. The van der Waals surface area contributed by atoms with Crippen LogP contribution in [0, 0.1) is 6.92 Å². The van der Waals surface area contributed by atoms with E-state index in [1.54, 1.807) is 0 Å². The second kappa shape index (κ2) is 5.11. The Hall–Kier alpha value is -1.66. The molecule has 0 aliphatic carbocycles. The van der Waals surface area contributed by atoms with Gasteiger partial charge in [0.15, 0.2) is 5.11 Å². The van der Waals surface area contributed by atoms with Gasteiger partial charge in [-0.25, -0.2) is 4.98 Å². The molecule has 0 unspecified atom stereocenters. The molecule has 88 valence electrons. The molecule has 4 nitrogen and oxygen atoms in total. The Morgan fingerprint density at radius 3 is 2.71 bits per heavy atom. The molecule has 0 aliphatic rings. The van der Waals surface area contributed by atoms with Crippen molar-refractivity contribution in [3.8, 4) is 11.3 Å². The fraction of sp³-hybridized carbons (Fsp3) is 0.0909. The summed E-state index contributed by atoms with van der Waals surface area (Å²) < 4.78 is 0. The maximum absolute atomic E-state index is 5.31. The molecule has 2 rings (SSSR count). The van der Waals surface area contributed by atoms with Gasteiger partial charge in [-0.15, -0.1) is 11.3 Å². The number of rotatable bonds is 3. The number of hydrogen-bond acceptors (Lipinski definition) is 4. The highest BCUT2D eigenvalue weighted by molar-refractivity contribution is 7.80. The van der Waals surface area contributed by atoms with Crippen molar-refractivity contribution < 1.29 is 0 Å². The molecule has 2 aromatic rings. The lowest BCUT2D eigenvalue weighted by Gasteiger charge is -2.02. The molecule has 0 bridgehead atoms. The number of aryl methyl sites for hydroxylation is 1. The third-order valence-electron chi connectivity index (χ3n) is 2.14. The van der Waals surface area contributed by atoms with Crippen molar-refractivity contribution in [2.24, 2.45) is 5.73 Å². The van der Waals surface area contributed by atoms with Crippen molar-refractivity contribution in [2.45, 2.75) is 6.92 Å². The number of benzene rings is 1. The van der Waals surface area contributed by atoms with E-state index in [9.17, 15) is 0 Å². The lowest BCUT2D eigenvalue weighted by Crippen LogP contribution is -2.33. The Kier molecular flexibility index (Phi) is 3.55. The monoisotopic (exact) mass is 264 g/mol. The van der Waals surface area contributed by atoms with E-state index in [2.05, 4.69) is 47.0 Å². The van der Waals surface area contributed by atoms with Gasteiger partial charge in [0, 0.05) is 10.9 Å². The summed E-state index contributed by atoms with van der Waals surface area (Å²) in [7, 11) is 0. The zero-order valence-corrected chi connectivity index (χ0v) is 10.9. The Morgan fingerprint density at radius 1 is 1.35 bits per heavy atom. The summed E-state index contributed by atoms with van der Waals surface area (Å²) in [6, 6.07) is 8.23. The van der Waals surface area contributed by atoms with Crippen molar-refractivity contribution in [3.63, 3.8) is 0 Å². The summed E-state index contributed by atoms with van der Waals surface area (Å²) in [5.41, 5.74) is 14.0. The number of thiazole rings is 1. The van der Waals surface area contributed by atoms with E-state index in [4.69, 9.17) is 18.0 Å². The molecule has 0 saturated heterocycles. The first-order chi connectivity index (χ1) is 8.15. The number of nitrogens with two attached hydrogens (primary N) is 1. The quantitative estimate of drug-likeness (QED) is 0.586. The average molecular weight is 264 g/mol. The van der Waals surface area contributed by atoms with Crippen LogP contribution in [0.2, 0.25) is 0 Å². The van der Waals surface area contributed by atoms with Crippen molar-refractivity contribution in [3.05, 3.63) is 35.2 Å². The van der Waals surface area contributed by atoms with E-state index >= 15 is 0 Å². The lowest BCUT2D eigenvalue weighted by molar-refractivity contribution is 1.11. The lowest BCUT2D eigenvalue weighted by atomic mass is 10.1. The van der Waals surface area contributed by atoms with Crippen LogP contribution in [0.1, 0.15) is 5.56 Å². The summed E-state index contributed by atoms with van der Waals surface area (Å²) in [6.07, 6.45) is 0. The van der Waals surface area contributed by atoms with Gasteiger partial charge in [0.05, 0.1) is 5.69 Å². The van der Waals surface area contributed by atoms with Crippen molar-refractivity contribution in [2.75, 3.05) is 5.43 Å². The van der Waals surface area contributed by atoms with E-state index in [-0.39, 0.29) is 5.11 Å². The maximum Gasteiger partial charge on any atom is 0.202 e. The van der Waals surface area contributed by atoms with Gasteiger partial charge in [-0.3, -0.25) is 10.9 Å². The Bertz CT molecular complexity index is 519. The zero-order valence-electron chi connectivity index (χ0n) is 9.23. The predicted octanol–water partition coefficient (Wildman–Crippen LogP) is 2.28. The first-order valence-electron chi connectivity index (χ1n) is 4.99. The fourth-order valence-electron chi connectivity index (χ4n) is 1.30. The number of hydrazine groups is 1. The van der Waals surface area contributed by atoms with Crippen molar-refractivity contribution in [1.29, 1.82) is 0 Å². The second-order valence-corrected chi connectivity index (χ2v) is 4.82. The van der Waals surface area contributed by atoms with Crippen LogP contribution in [-0.2, 0) is 0 Å².